The van der Waals surface area contributed by atoms with E-state index in [2.05, 4.69) is 22.8 Å². The van der Waals surface area contributed by atoms with Crippen molar-refractivity contribution in [2.75, 3.05) is 30.8 Å². The number of amides is 1. The number of carbonyl (C=O) groups is 1. The van der Waals surface area contributed by atoms with Gasteiger partial charge >= 0.3 is 6.09 Å². The van der Waals surface area contributed by atoms with Crippen LogP contribution in [0.3, 0.4) is 0 Å². The summed E-state index contributed by atoms with van der Waals surface area (Å²) in [5.41, 5.74) is 2.89. The number of carbonyl (C=O) groups excluding carboxylic acids is 1. The molecule has 5 rings (SSSR count). The number of ether oxygens (including phenoxy) is 1. The summed E-state index contributed by atoms with van der Waals surface area (Å²) in [7, 11) is 1.42. The van der Waals surface area contributed by atoms with Crippen molar-refractivity contribution in [3.8, 4) is 0 Å². The fourth-order valence-electron chi connectivity index (χ4n) is 4.57. The third kappa shape index (κ3) is 6.00. The first-order valence-electron chi connectivity index (χ1n) is 12.7. The quantitative estimate of drug-likeness (QED) is 0.274. The van der Waals surface area contributed by atoms with Crippen LogP contribution in [0.5, 0.6) is 0 Å². The molecule has 1 amide bonds. The zero-order chi connectivity index (χ0) is 26.3. The summed E-state index contributed by atoms with van der Waals surface area (Å²) in [6, 6.07) is 24.3. The van der Waals surface area contributed by atoms with Gasteiger partial charge in [-0.1, -0.05) is 60.3 Å². The molecule has 1 saturated heterocycles. The Hall–Kier alpha value is -3.82. The van der Waals surface area contributed by atoms with Gasteiger partial charge < -0.3 is 25.4 Å². The number of hydrogen-bond acceptors (Lipinski definition) is 8. The number of methoxy groups -OCH3 is 1. The lowest BCUT2D eigenvalue weighted by molar-refractivity contribution is 0.113. The van der Waals surface area contributed by atoms with Crippen LogP contribution >= 0.6 is 11.8 Å². The Morgan fingerprint density at radius 1 is 0.974 bits per heavy atom. The molecule has 1 aliphatic rings. The van der Waals surface area contributed by atoms with E-state index in [1.54, 1.807) is 16.7 Å². The number of nitrogens with zero attached hydrogens (tertiary/aromatic N) is 3. The predicted octanol–water partition coefficient (Wildman–Crippen LogP) is 5.53. The lowest BCUT2D eigenvalue weighted by atomic mass is 10.1. The second kappa shape index (κ2) is 12.1. The lowest BCUT2D eigenvalue weighted by Crippen LogP contribution is -2.42. The highest BCUT2D eigenvalue weighted by Crippen LogP contribution is 2.33. The van der Waals surface area contributed by atoms with Crippen molar-refractivity contribution in [1.29, 1.82) is 0 Å². The summed E-state index contributed by atoms with van der Waals surface area (Å²) in [6.07, 6.45) is 1.35. The number of likely N-dealkylation sites (tertiary alicyclic amines) is 1. The SMILES string of the molecule is COC(=O)N1CCC(Nc2nc(NCc3ccccc3Sc3ccccc3CO)nc3ccccc23)CC1. The molecule has 2 heterocycles. The number of benzene rings is 3. The van der Waals surface area contributed by atoms with Gasteiger partial charge in [-0.15, -0.1) is 0 Å². The van der Waals surface area contributed by atoms with Crippen LogP contribution in [0.4, 0.5) is 16.6 Å². The fourth-order valence-corrected chi connectivity index (χ4v) is 5.64. The van der Waals surface area contributed by atoms with Crippen LogP contribution in [0.15, 0.2) is 82.6 Å². The highest BCUT2D eigenvalue weighted by Gasteiger charge is 2.24. The summed E-state index contributed by atoms with van der Waals surface area (Å²) in [5.74, 6) is 1.34. The van der Waals surface area contributed by atoms with E-state index in [0.29, 0.717) is 25.6 Å². The van der Waals surface area contributed by atoms with Gasteiger partial charge in [0.25, 0.3) is 0 Å². The van der Waals surface area contributed by atoms with Crippen LogP contribution in [0.25, 0.3) is 10.9 Å². The minimum atomic E-state index is -0.277. The first-order valence-corrected chi connectivity index (χ1v) is 13.5. The Labute approximate surface area is 226 Å². The summed E-state index contributed by atoms with van der Waals surface area (Å²) in [4.78, 5) is 25.3. The number of fused-ring (bicyclic) bond motifs is 1. The number of aromatic nitrogens is 2. The number of aliphatic hydroxyl groups is 1. The standard InChI is InChI=1S/C29H31N5O3S/c1-37-29(36)34-16-14-22(15-17-34)31-27-23-10-4-5-11-24(23)32-28(33-27)30-18-20-8-2-6-12-25(20)38-26-13-7-3-9-21(26)19-35/h2-13,22,35H,14-19H2,1H3,(H2,30,31,32,33). The maximum absolute atomic E-state index is 11.8. The highest BCUT2D eigenvalue weighted by atomic mass is 32.2. The summed E-state index contributed by atoms with van der Waals surface area (Å²) in [5, 5.41) is 17.7. The van der Waals surface area contributed by atoms with Crippen LogP contribution in [0.1, 0.15) is 24.0 Å². The average molecular weight is 530 g/mol. The molecule has 1 aromatic heterocycles. The molecule has 0 unspecified atom stereocenters. The normalized spacial score (nSPS) is 13.9. The predicted molar refractivity (Wildman–Crippen MR) is 150 cm³/mol. The first-order chi connectivity index (χ1) is 18.6. The van der Waals surface area contributed by atoms with Gasteiger partial charge in [0.1, 0.15) is 5.82 Å². The molecule has 1 fully saturated rings. The Kier molecular flexibility index (Phi) is 8.25. The van der Waals surface area contributed by atoms with E-state index in [1.807, 2.05) is 60.7 Å². The number of piperidine rings is 1. The third-order valence-electron chi connectivity index (χ3n) is 6.64. The van der Waals surface area contributed by atoms with Crippen molar-refractivity contribution in [3.05, 3.63) is 83.9 Å². The van der Waals surface area contributed by atoms with E-state index in [-0.39, 0.29) is 18.7 Å². The second-order valence-electron chi connectivity index (χ2n) is 9.12. The van der Waals surface area contributed by atoms with Gasteiger partial charge in [-0.25, -0.2) is 9.78 Å². The number of hydrogen-bond donors (Lipinski definition) is 3. The van der Waals surface area contributed by atoms with Crippen LogP contribution in [0.2, 0.25) is 0 Å². The second-order valence-corrected chi connectivity index (χ2v) is 10.2. The van der Waals surface area contributed by atoms with E-state index in [4.69, 9.17) is 14.7 Å². The summed E-state index contributed by atoms with van der Waals surface area (Å²) in [6.45, 7) is 1.85. The van der Waals surface area contributed by atoms with E-state index in [0.717, 1.165) is 50.5 Å². The molecule has 9 heteroatoms. The zero-order valence-corrected chi connectivity index (χ0v) is 22.1. The molecule has 0 aliphatic carbocycles. The van der Waals surface area contributed by atoms with Crippen molar-refractivity contribution in [2.24, 2.45) is 0 Å². The number of anilines is 2. The van der Waals surface area contributed by atoms with Gasteiger partial charge in [0.05, 0.1) is 19.2 Å². The molecule has 196 valence electrons. The molecule has 0 bridgehead atoms. The van der Waals surface area contributed by atoms with Crippen LogP contribution in [-0.2, 0) is 17.9 Å². The van der Waals surface area contributed by atoms with Crippen LogP contribution in [0, 0.1) is 0 Å². The van der Waals surface area contributed by atoms with E-state index >= 15 is 0 Å². The first kappa shape index (κ1) is 25.8. The lowest BCUT2D eigenvalue weighted by Gasteiger charge is -2.31. The molecule has 0 saturated carbocycles. The molecular formula is C29H31N5O3S. The van der Waals surface area contributed by atoms with Crippen molar-refractivity contribution >= 4 is 40.5 Å². The topological polar surface area (TPSA) is 99.6 Å². The number of rotatable bonds is 8. The highest BCUT2D eigenvalue weighted by molar-refractivity contribution is 7.99. The Bertz CT molecular complexity index is 1410. The Morgan fingerprint density at radius 3 is 2.37 bits per heavy atom. The molecule has 8 nitrogen and oxygen atoms in total. The molecule has 3 aromatic carbocycles. The van der Waals surface area contributed by atoms with Gasteiger partial charge in [0.2, 0.25) is 5.95 Å². The van der Waals surface area contributed by atoms with Crippen molar-refractivity contribution in [1.82, 2.24) is 14.9 Å². The van der Waals surface area contributed by atoms with Gasteiger partial charge in [-0.2, -0.15) is 4.98 Å². The molecule has 1 aliphatic heterocycles. The molecule has 38 heavy (non-hydrogen) atoms. The van der Waals surface area contributed by atoms with Crippen molar-refractivity contribution < 1.29 is 14.6 Å². The zero-order valence-electron chi connectivity index (χ0n) is 21.3. The summed E-state index contributed by atoms with van der Waals surface area (Å²) >= 11 is 1.64. The van der Waals surface area contributed by atoms with Crippen LogP contribution < -0.4 is 10.6 Å². The minimum Gasteiger partial charge on any atom is -0.453 e. The van der Waals surface area contributed by atoms with E-state index in [1.165, 1.54) is 7.11 Å². The van der Waals surface area contributed by atoms with Crippen LogP contribution in [-0.4, -0.2) is 52.3 Å². The number of aliphatic hydroxyl groups excluding tert-OH is 1. The molecule has 0 radical (unpaired) electrons. The molecule has 3 N–H and O–H groups in total. The minimum absolute atomic E-state index is 0.00596. The van der Waals surface area contributed by atoms with Crippen molar-refractivity contribution in [3.63, 3.8) is 0 Å². The number of para-hydroxylation sites is 1. The molecule has 0 spiro atoms. The van der Waals surface area contributed by atoms with Gasteiger partial charge in [-0.05, 0) is 48.2 Å². The summed E-state index contributed by atoms with van der Waals surface area (Å²) < 4.78 is 4.86. The fraction of sp³-hybridized carbons (Fsp3) is 0.276. The smallest absolute Gasteiger partial charge is 0.409 e. The Morgan fingerprint density at radius 2 is 1.63 bits per heavy atom. The van der Waals surface area contributed by atoms with E-state index in [9.17, 15) is 9.90 Å². The van der Waals surface area contributed by atoms with Gasteiger partial charge in [0, 0.05) is 40.9 Å². The average Bonchev–Trinajstić information content (AvgIpc) is 2.97. The monoisotopic (exact) mass is 529 g/mol. The maximum Gasteiger partial charge on any atom is 0.409 e. The number of nitrogens with one attached hydrogen (secondary N) is 2. The molecule has 4 aromatic rings. The van der Waals surface area contributed by atoms with Gasteiger partial charge in [-0.3, -0.25) is 0 Å². The Balaban J connectivity index is 1.32. The van der Waals surface area contributed by atoms with E-state index < -0.39 is 0 Å². The van der Waals surface area contributed by atoms with Gasteiger partial charge in [0.15, 0.2) is 0 Å². The maximum atomic E-state index is 11.8. The molecular weight excluding hydrogens is 498 g/mol. The molecule has 0 atom stereocenters. The third-order valence-corrected chi connectivity index (χ3v) is 7.88. The largest absolute Gasteiger partial charge is 0.453 e. The van der Waals surface area contributed by atoms with Crippen molar-refractivity contribution in [2.45, 2.75) is 41.8 Å².